The second-order valence-electron chi connectivity index (χ2n) is 3.59. The topological polar surface area (TPSA) is 72.2 Å². The summed E-state index contributed by atoms with van der Waals surface area (Å²) in [6.07, 6.45) is 1.98. The molecule has 0 heterocycles. The summed E-state index contributed by atoms with van der Waals surface area (Å²) in [5.41, 5.74) is 5.21. The van der Waals surface area contributed by atoms with Gasteiger partial charge in [-0.25, -0.2) is 13.1 Å². The Morgan fingerprint density at radius 2 is 1.79 bits per heavy atom. The summed E-state index contributed by atoms with van der Waals surface area (Å²) in [4.78, 5) is 0. The highest BCUT2D eigenvalue weighted by Crippen LogP contribution is 2.13. The highest BCUT2D eigenvalue weighted by atomic mass is 32.2. The number of hydrogen-bond acceptors (Lipinski definition) is 3. The largest absolute Gasteiger partial charge is 0.329 e. The molecule has 0 radical (unpaired) electrons. The van der Waals surface area contributed by atoms with Crippen molar-refractivity contribution >= 4 is 10.0 Å². The molecule has 0 aromatic heterocycles. The molecule has 0 fully saturated rings. The smallest absolute Gasteiger partial charge is 0.213 e. The van der Waals surface area contributed by atoms with Crippen LogP contribution in [0.15, 0.2) is 0 Å². The predicted molar refractivity (Wildman–Crippen MR) is 59.5 cm³/mol. The van der Waals surface area contributed by atoms with E-state index in [2.05, 4.69) is 18.6 Å². The third kappa shape index (κ3) is 4.93. The molecule has 1 atom stereocenters. The van der Waals surface area contributed by atoms with Crippen LogP contribution in [0.3, 0.4) is 0 Å². The zero-order chi connectivity index (χ0) is 11.2. The van der Waals surface area contributed by atoms with Crippen LogP contribution in [0.2, 0.25) is 0 Å². The Morgan fingerprint density at radius 1 is 1.29 bits per heavy atom. The Bertz CT molecular complexity index is 235. The van der Waals surface area contributed by atoms with E-state index in [9.17, 15) is 8.42 Å². The normalized spacial score (nSPS) is 14.6. The minimum Gasteiger partial charge on any atom is -0.329 e. The maximum atomic E-state index is 11.4. The zero-order valence-corrected chi connectivity index (χ0v) is 10.1. The van der Waals surface area contributed by atoms with E-state index >= 15 is 0 Å². The van der Waals surface area contributed by atoms with Gasteiger partial charge >= 0.3 is 0 Å². The van der Waals surface area contributed by atoms with E-state index in [-0.39, 0.29) is 18.3 Å². The van der Waals surface area contributed by atoms with Gasteiger partial charge in [-0.05, 0) is 12.8 Å². The van der Waals surface area contributed by atoms with Crippen molar-refractivity contribution in [2.75, 3.05) is 12.3 Å². The van der Waals surface area contributed by atoms with E-state index in [4.69, 9.17) is 5.73 Å². The van der Waals surface area contributed by atoms with Gasteiger partial charge in [0.25, 0.3) is 0 Å². The maximum absolute atomic E-state index is 11.4. The van der Waals surface area contributed by atoms with Crippen molar-refractivity contribution in [3.8, 4) is 0 Å². The maximum Gasteiger partial charge on any atom is 0.213 e. The van der Waals surface area contributed by atoms with E-state index in [0.717, 1.165) is 12.8 Å². The fraction of sp³-hybridized carbons (Fsp3) is 1.00. The highest BCUT2D eigenvalue weighted by molar-refractivity contribution is 7.89. The summed E-state index contributed by atoms with van der Waals surface area (Å²) < 4.78 is 25.4. The molecule has 0 bridgehead atoms. The fourth-order valence-corrected chi connectivity index (χ4v) is 2.78. The molecule has 0 saturated carbocycles. The van der Waals surface area contributed by atoms with Crippen LogP contribution in [0.5, 0.6) is 0 Å². The van der Waals surface area contributed by atoms with E-state index in [1.165, 1.54) is 0 Å². The lowest BCUT2D eigenvalue weighted by molar-refractivity contribution is 0.391. The van der Waals surface area contributed by atoms with Crippen molar-refractivity contribution in [1.82, 2.24) is 4.72 Å². The van der Waals surface area contributed by atoms with Gasteiger partial charge in [-0.3, -0.25) is 0 Å². The van der Waals surface area contributed by atoms with Crippen LogP contribution < -0.4 is 10.5 Å². The van der Waals surface area contributed by atoms with E-state index in [1.54, 1.807) is 0 Å². The summed E-state index contributed by atoms with van der Waals surface area (Å²) in [5, 5.41) is 0. The third-order valence-electron chi connectivity index (χ3n) is 2.51. The zero-order valence-electron chi connectivity index (χ0n) is 9.29. The standard InChI is InChI=1S/C9H22N2O2S/c1-4-9(5-2)8(3)11-14(12,13)7-6-10/h8-9,11H,4-7,10H2,1-3H3. The molecule has 5 heteroatoms. The van der Waals surface area contributed by atoms with Gasteiger partial charge in [0.05, 0.1) is 5.75 Å². The Balaban J connectivity index is 4.22. The summed E-state index contributed by atoms with van der Waals surface area (Å²) in [7, 11) is -3.17. The number of hydrogen-bond donors (Lipinski definition) is 2. The van der Waals surface area contributed by atoms with E-state index < -0.39 is 10.0 Å². The van der Waals surface area contributed by atoms with Gasteiger partial charge < -0.3 is 5.73 Å². The van der Waals surface area contributed by atoms with Gasteiger partial charge in [0.1, 0.15) is 0 Å². The Kier molecular flexibility index (Phi) is 6.31. The van der Waals surface area contributed by atoms with Gasteiger partial charge in [-0.2, -0.15) is 0 Å². The van der Waals surface area contributed by atoms with Crippen LogP contribution in [0.4, 0.5) is 0 Å². The quantitative estimate of drug-likeness (QED) is 0.665. The van der Waals surface area contributed by atoms with Gasteiger partial charge in [0, 0.05) is 12.6 Å². The van der Waals surface area contributed by atoms with Crippen LogP contribution in [0.1, 0.15) is 33.6 Å². The first-order chi connectivity index (χ1) is 6.46. The molecular formula is C9H22N2O2S. The molecule has 0 rings (SSSR count). The summed E-state index contributed by atoms with van der Waals surface area (Å²) >= 11 is 0. The molecule has 0 amide bonds. The Hall–Kier alpha value is -0.130. The average Bonchev–Trinajstić information content (AvgIpc) is 2.04. The molecular weight excluding hydrogens is 200 g/mol. The molecule has 0 aliphatic rings. The van der Waals surface area contributed by atoms with Crippen LogP contribution >= 0.6 is 0 Å². The minimum atomic E-state index is -3.17. The summed E-state index contributed by atoms with van der Waals surface area (Å²) in [6, 6.07) is 0.00144. The molecule has 14 heavy (non-hydrogen) atoms. The number of rotatable bonds is 7. The first kappa shape index (κ1) is 13.9. The molecule has 0 aliphatic heterocycles. The fourth-order valence-electron chi connectivity index (χ4n) is 1.59. The average molecular weight is 222 g/mol. The first-order valence-corrected chi connectivity index (χ1v) is 6.82. The monoisotopic (exact) mass is 222 g/mol. The Labute approximate surface area is 87.3 Å². The van der Waals surface area contributed by atoms with Crippen molar-refractivity contribution in [2.45, 2.75) is 39.7 Å². The molecule has 0 aliphatic carbocycles. The van der Waals surface area contributed by atoms with Gasteiger partial charge in [0.15, 0.2) is 0 Å². The molecule has 3 N–H and O–H groups in total. The molecule has 1 unspecified atom stereocenters. The molecule has 0 spiro atoms. The minimum absolute atomic E-state index is 0.00144. The van der Waals surface area contributed by atoms with Crippen LogP contribution in [0, 0.1) is 5.92 Å². The Morgan fingerprint density at radius 3 is 2.14 bits per heavy atom. The summed E-state index contributed by atoms with van der Waals surface area (Å²) in [6.45, 7) is 6.22. The van der Waals surface area contributed by atoms with Gasteiger partial charge in [-0.1, -0.05) is 26.7 Å². The van der Waals surface area contributed by atoms with Crippen LogP contribution in [-0.2, 0) is 10.0 Å². The van der Waals surface area contributed by atoms with Crippen molar-refractivity contribution in [2.24, 2.45) is 11.7 Å². The van der Waals surface area contributed by atoms with Crippen molar-refractivity contribution in [3.63, 3.8) is 0 Å². The first-order valence-electron chi connectivity index (χ1n) is 5.16. The number of nitrogens with two attached hydrogens (primary N) is 1. The lowest BCUT2D eigenvalue weighted by Gasteiger charge is -2.22. The lowest BCUT2D eigenvalue weighted by atomic mass is 9.96. The second kappa shape index (κ2) is 6.37. The van der Waals surface area contributed by atoms with Crippen molar-refractivity contribution < 1.29 is 8.42 Å². The third-order valence-corrected chi connectivity index (χ3v) is 4.01. The van der Waals surface area contributed by atoms with Gasteiger partial charge in [0.2, 0.25) is 10.0 Å². The molecule has 0 aromatic rings. The van der Waals surface area contributed by atoms with Crippen LogP contribution in [0.25, 0.3) is 0 Å². The highest BCUT2D eigenvalue weighted by Gasteiger charge is 2.19. The molecule has 0 aromatic carbocycles. The van der Waals surface area contributed by atoms with Crippen LogP contribution in [-0.4, -0.2) is 26.8 Å². The predicted octanol–water partition coefficient (Wildman–Crippen LogP) is 0.689. The van der Waals surface area contributed by atoms with E-state index in [0.29, 0.717) is 5.92 Å². The number of nitrogens with one attached hydrogen (secondary N) is 1. The molecule has 0 saturated heterocycles. The second-order valence-corrected chi connectivity index (χ2v) is 5.46. The molecule has 86 valence electrons. The SMILES string of the molecule is CCC(CC)C(C)NS(=O)(=O)CCN. The summed E-state index contributed by atoms with van der Waals surface area (Å²) in [5.74, 6) is 0.417. The van der Waals surface area contributed by atoms with Crippen molar-refractivity contribution in [3.05, 3.63) is 0 Å². The lowest BCUT2D eigenvalue weighted by Crippen LogP contribution is -2.40. The molecule has 4 nitrogen and oxygen atoms in total. The van der Waals surface area contributed by atoms with E-state index in [1.807, 2.05) is 6.92 Å². The van der Waals surface area contributed by atoms with Crippen molar-refractivity contribution in [1.29, 1.82) is 0 Å². The number of sulfonamides is 1. The van der Waals surface area contributed by atoms with Gasteiger partial charge in [-0.15, -0.1) is 0 Å².